The summed E-state index contributed by atoms with van der Waals surface area (Å²) in [4.78, 5) is 6.35. The van der Waals surface area contributed by atoms with E-state index in [1.165, 1.54) is 5.56 Å². The topological polar surface area (TPSA) is 39.2 Å². The molecule has 0 aliphatic carbocycles. The first kappa shape index (κ1) is 16.2. The Morgan fingerprint density at radius 1 is 1.13 bits per heavy atom. The third kappa shape index (κ3) is 3.50. The van der Waals surface area contributed by atoms with Crippen LogP contribution in [0.1, 0.15) is 24.3 Å². The number of hydrogen-bond acceptors (Lipinski definition) is 3. The molecule has 0 amide bonds. The maximum atomic E-state index is 12.5. The average molecular weight is 332 g/mol. The number of pyridine rings is 1. The van der Waals surface area contributed by atoms with Crippen molar-refractivity contribution in [3.63, 3.8) is 0 Å². The van der Waals surface area contributed by atoms with Crippen LogP contribution < -0.4 is 9.55 Å². The molecule has 0 N–H and O–H groups in total. The Labute approximate surface area is 142 Å². The van der Waals surface area contributed by atoms with Crippen molar-refractivity contribution in [1.82, 2.24) is 9.63 Å². The van der Waals surface area contributed by atoms with Crippen LogP contribution in [0.5, 0.6) is 0 Å². The molecule has 1 aromatic heterocycles. The summed E-state index contributed by atoms with van der Waals surface area (Å²) in [5, 5.41) is 12.8. The fraction of sp³-hybridized carbons (Fsp3) is 0.389. The van der Waals surface area contributed by atoms with Crippen molar-refractivity contribution in [2.24, 2.45) is 0 Å². The van der Waals surface area contributed by atoms with E-state index in [0.29, 0.717) is 16.8 Å². The van der Waals surface area contributed by atoms with Gasteiger partial charge in [-0.2, -0.15) is 0 Å². The Balaban J connectivity index is 1.80. The van der Waals surface area contributed by atoms with Gasteiger partial charge in [0.25, 0.3) is 0 Å². The molecule has 1 aliphatic heterocycles. The number of hydroxylamine groups is 2. The van der Waals surface area contributed by atoms with Crippen molar-refractivity contribution in [1.29, 1.82) is 0 Å². The van der Waals surface area contributed by atoms with E-state index in [1.54, 1.807) is 20.3 Å². The lowest BCUT2D eigenvalue weighted by Crippen LogP contribution is -2.38. The molecule has 0 unspecified atom stereocenters. The van der Waals surface area contributed by atoms with Crippen LogP contribution in [0.2, 0.25) is 5.15 Å². The lowest BCUT2D eigenvalue weighted by atomic mass is 9.89. The van der Waals surface area contributed by atoms with Gasteiger partial charge in [0.2, 0.25) is 0 Å². The molecule has 0 spiro atoms. The molecular weight excluding hydrogens is 310 g/mol. The first-order valence-corrected chi connectivity index (χ1v) is 8.34. The molecule has 1 aliphatic rings. The minimum absolute atomic E-state index is 0.299. The summed E-state index contributed by atoms with van der Waals surface area (Å²) in [7, 11) is 3.17. The first-order valence-electron chi connectivity index (χ1n) is 7.97. The fourth-order valence-corrected chi connectivity index (χ4v) is 3.71. The molecule has 1 saturated heterocycles. The van der Waals surface area contributed by atoms with E-state index in [2.05, 4.69) is 40.2 Å². The quantitative estimate of drug-likeness (QED) is 0.481. The van der Waals surface area contributed by atoms with Gasteiger partial charge in [0.1, 0.15) is 5.69 Å². The first-order chi connectivity index (χ1) is 11.0. The number of benzene rings is 1. The van der Waals surface area contributed by atoms with E-state index in [-0.39, 0.29) is 0 Å². The van der Waals surface area contributed by atoms with E-state index in [0.717, 1.165) is 31.6 Å². The molecule has 23 heavy (non-hydrogen) atoms. The molecule has 1 fully saturated rings. The van der Waals surface area contributed by atoms with Gasteiger partial charge in [0.05, 0.1) is 14.1 Å². The Hall–Kier alpha value is -1.62. The zero-order chi connectivity index (χ0) is 16.4. The maximum Gasteiger partial charge on any atom is 0.193 e. The summed E-state index contributed by atoms with van der Waals surface area (Å²) >= 11 is 6.20. The van der Waals surface area contributed by atoms with E-state index in [1.807, 2.05) is 6.07 Å². The zero-order valence-corrected chi connectivity index (χ0v) is 14.3. The second-order valence-corrected chi connectivity index (χ2v) is 6.85. The largest absolute Gasteiger partial charge is 0.628 e. The van der Waals surface area contributed by atoms with E-state index in [9.17, 15) is 5.21 Å². The molecule has 0 atom stereocenters. The van der Waals surface area contributed by atoms with Gasteiger partial charge in [-0.1, -0.05) is 41.9 Å². The van der Waals surface area contributed by atoms with Crippen molar-refractivity contribution in [3.05, 3.63) is 58.5 Å². The number of anilines is 1. The molecule has 4 nitrogen and oxygen atoms in total. The summed E-state index contributed by atoms with van der Waals surface area (Å²) in [6, 6.07) is 12.6. The summed E-state index contributed by atoms with van der Waals surface area (Å²) in [6.07, 6.45) is 3.84. The molecule has 3 rings (SSSR count). The van der Waals surface area contributed by atoms with Crippen LogP contribution in [-0.4, -0.2) is 32.2 Å². The van der Waals surface area contributed by atoms with Crippen LogP contribution in [0.25, 0.3) is 0 Å². The summed E-state index contributed by atoms with van der Waals surface area (Å²) in [5.41, 5.74) is 2.86. The van der Waals surface area contributed by atoms with Gasteiger partial charge in [-0.25, -0.2) is 4.98 Å². The smallest absolute Gasteiger partial charge is 0.193 e. The number of aromatic nitrogens is 1. The fourth-order valence-electron chi connectivity index (χ4n) is 3.35. The molecule has 122 valence electrons. The van der Waals surface area contributed by atoms with Crippen molar-refractivity contribution < 1.29 is 0 Å². The van der Waals surface area contributed by atoms with Crippen LogP contribution in [0.15, 0.2) is 42.6 Å². The highest BCUT2D eigenvalue weighted by Crippen LogP contribution is 2.39. The minimum Gasteiger partial charge on any atom is -0.628 e. The van der Waals surface area contributed by atoms with Crippen LogP contribution >= 0.6 is 11.6 Å². The number of rotatable bonds is 3. The highest BCUT2D eigenvalue weighted by Gasteiger charge is 2.27. The molecule has 2 aromatic rings. The van der Waals surface area contributed by atoms with Crippen molar-refractivity contribution in [3.8, 4) is 0 Å². The predicted octanol–water partition coefficient (Wildman–Crippen LogP) is 4.18. The van der Waals surface area contributed by atoms with Gasteiger partial charge < -0.3 is 14.8 Å². The highest BCUT2D eigenvalue weighted by molar-refractivity contribution is 6.32. The van der Waals surface area contributed by atoms with Crippen LogP contribution in [0.4, 0.5) is 11.4 Å². The van der Waals surface area contributed by atoms with Gasteiger partial charge in [-0.15, -0.1) is 0 Å². The molecule has 5 heteroatoms. The standard InChI is InChI=1S/C18H22ClN3O/c1-22(2,23)17-16(8-11-20-18(17)19)21-12-9-15(10-13-21)14-6-4-3-5-7-14/h3-8,11,15H,9-10,12-13H2,1-2H3. The SMILES string of the molecule is C[N+](C)([O-])c1c(N2CCC(c3ccccc3)CC2)ccnc1Cl. The molecular formula is C18H22ClN3O. The second-order valence-electron chi connectivity index (χ2n) is 6.49. The second kappa shape index (κ2) is 6.48. The van der Waals surface area contributed by atoms with Gasteiger partial charge in [0, 0.05) is 19.3 Å². The number of quaternary nitrogens is 1. The number of hydrogen-bond donors (Lipinski definition) is 0. The summed E-state index contributed by atoms with van der Waals surface area (Å²) in [5.74, 6) is 0.586. The van der Waals surface area contributed by atoms with Crippen LogP contribution in [0, 0.1) is 5.21 Å². The number of piperidine rings is 1. The van der Waals surface area contributed by atoms with Gasteiger partial charge in [0.15, 0.2) is 10.8 Å². The number of nitrogens with zero attached hydrogens (tertiary/aromatic N) is 3. The van der Waals surface area contributed by atoms with Gasteiger partial charge in [-0.05, 0) is 30.4 Å². The minimum atomic E-state index is -0.569. The van der Waals surface area contributed by atoms with E-state index >= 15 is 0 Å². The number of halogens is 1. The predicted molar refractivity (Wildman–Crippen MR) is 96.9 cm³/mol. The molecule has 0 radical (unpaired) electrons. The summed E-state index contributed by atoms with van der Waals surface area (Å²) in [6.45, 7) is 1.85. The molecule has 0 saturated carbocycles. The lowest BCUT2D eigenvalue weighted by Gasteiger charge is -2.39. The van der Waals surface area contributed by atoms with Gasteiger partial charge >= 0.3 is 0 Å². The summed E-state index contributed by atoms with van der Waals surface area (Å²) < 4.78 is -0.569. The Kier molecular flexibility index (Phi) is 4.57. The Morgan fingerprint density at radius 2 is 1.78 bits per heavy atom. The van der Waals surface area contributed by atoms with Crippen molar-refractivity contribution in [2.75, 3.05) is 32.1 Å². The zero-order valence-electron chi connectivity index (χ0n) is 13.6. The third-order valence-electron chi connectivity index (χ3n) is 4.50. The van der Waals surface area contributed by atoms with Crippen LogP contribution in [-0.2, 0) is 0 Å². The normalized spacial score (nSPS) is 16.6. The van der Waals surface area contributed by atoms with Crippen molar-refractivity contribution >= 4 is 23.0 Å². The molecule has 2 heterocycles. The van der Waals surface area contributed by atoms with Crippen LogP contribution in [0.3, 0.4) is 0 Å². The molecule has 1 aromatic carbocycles. The molecule has 0 bridgehead atoms. The van der Waals surface area contributed by atoms with E-state index < -0.39 is 4.65 Å². The Bertz CT molecular complexity index is 662. The van der Waals surface area contributed by atoms with Gasteiger partial charge in [-0.3, -0.25) is 0 Å². The van der Waals surface area contributed by atoms with Crippen molar-refractivity contribution in [2.45, 2.75) is 18.8 Å². The third-order valence-corrected chi connectivity index (χ3v) is 4.78. The van der Waals surface area contributed by atoms with E-state index in [4.69, 9.17) is 11.6 Å². The lowest BCUT2D eigenvalue weighted by molar-refractivity contribution is 0.496. The average Bonchev–Trinajstić information content (AvgIpc) is 2.54. The maximum absolute atomic E-state index is 12.5. The Morgan fingerprint density at radius 3 is 2.39 bits per heavy atom. The monoisotopic (exact) mass is 331 g/mol. The highest BCUT2D eigenvalue weighted by atomic mass is 35.5.